The maximum Gasteiger partial charge on any atom is 0.510 e. The molecule has 0 heterocycles. The minimum atomic E-state index is -4.69. The van der Waals surface area contributed by atoms with Crippen molar-refractivity contribution in [3.63, 3.8) is 0 Å². The van der Waals surface area contributed by atoms with Gasteiger partial charge in [-0.15, -0.1) is 4.76 Å². The fourth-order valence-corrected chi connectivity index (χ4v) is 4.13. The number of likely N-dealkylation sites (N-methyl/N-ethyl adjacent to an activating group) is 1. The smallest absolute Gasteiger partial charge is 0.464 e. The lowest BCUT2D eigenvalue weighted by molar-refractivity contribution is -0.143. The number of hydrogen-bond donors (Lipinski definition) is 1. The minimum Gasteiger partial charge on any atom is -0.464 e. The number of carbonyl (C=O) groups excluding carboxylic acids is 3. The fraction of sp³-hybridized carbons (Fsp3) is 0.840. The summed E-state index contributed by atoms with van der Waals surface area (Å²) in [5.74, 6) is -2.06. The molecule has 0 aliphatic rings. The number of nitrogens with two attached hydrogens (primary N) is 1. The summed E-state index contributed by atoms with van der Waals surface area (Å²) >= 11 is 0. The largest absolute Gasteiger partial charge is 0.510 e. The fourth-order valence-electron chi connectivity index (χ4n) is 2.49. The van der Waals surface area contributed by atoms with Gasteiger partial charge in [0.25, 0.3) is 0 Å². The Hall–Kier alpha value is -2.57. The molecule has 0 aliphatic carbocycles. The van der Waals surface area contributed by atoms with E-state index in [0.717, 1.165) is 12.8 Å². The third-order valence-electron chi connectivity index (χ3n) is 4.87. The van der Waals surface area contributed by atoms with Crippen molar-refractivity contribution in [2.24, 2.45) is 22.3 Å². The molecule has 0 saturated heterocycles. The Morgan fingerprint density at radius 2 is 1.23 bits per heavy atom. The third kappa shape index (κ3) is 16.5. The van der Waals surface area contributed by atoms with Gasteiger partial charge >= 0.3 is 26.0 Å². The number of esters is 1. The van der Waals surface area contributed by atoms with Crippen LogP contribution in [0.25, 0.3) is 0 Å². The average molecular weight is 598 g/mol. The van der Waals surface area contributed by atoms with Gasteiger partial charge in [-0.05, 0) is 19.3 Å². The first-order valence-electron chi connectivity index (χ1n) is 13.6. The number of hydrogen-bond acceptors (Lipinski definition) is 11. The van der Waals surface area contributed by atoms with Crippen LogP contribution >= 0.6 is 7.75 Å². The maximum absolute atomic E-state index is 14.0. The van der Waals surface area contributed by atoms with Crippen LogP contribution in [0.15, 0.2) is 4.76 Å². The summed E-state index contributed by atoms with van der Waals surface area (Å²) in [4.78, 5) is 37.6. The van der Waals surface area contributed by atoms with E-state index in [1.165, 1.54) is 11.9 Å². The molecule has 2 atom stereocenters. The van der Waals surface area contributed by atoms with E-state index >= 15 is 0 Å². The highest BCUT2D eigenvalue weighted by Crippen LogP contribution is 2.54. The molecule has 0 saturated carbocycles. The molecule has 40 heavy (non-hydrogen) atoms. The van der Waals surface area contributed by atoms with Gasteiger partial charge in [0, 0.05) is 18.9 Å². The second kappa shape index (κ2) is 20.3. The van der Waals surface area contributed by atoms with E-state index < -0.39 is 56.4 Å². The third-order valence-corrected chi connectivity index (χ3v) is 6.27. The van der Waals surface area contributed by atoms with E-state index in [9.17, 15) is 18.9 Å². The lowest BCUT2D eigenvalue weighted by atomic mass is 10.2. The minimum absolute atomic E-state index is 0.127. The number of ether oxygens (including phenoxy) is 5. The van der Waals surface area contributed by atoms with Crippen LogP contribution in [0.4, 0.5) is 9.59 Å². The van der Waals surface area contributed by atoms with Gasteiger partial charge in [0.15, 0.2) is 0 Å². The van der Waals surface area contributed by atoms with Crippen LogP contribution < -0.4 is 5.73 Å². The molecule has 0 amide bonds. The van der Waals surface area contributed by atoms with Crippen LogP contribution in [0.3, 0.4) is 0 Å². The maximum atomic E-state index is 14.0. The zero-order valence-corrected chi connectivity index (χ0v) is 26.0. The van der Waals surface area contributed by atoms with Crippen molar-refractivity contribution in [1.82, 2.24) is 4.90 Å². The molecule has 0 radical (unpaired) electrons. The van der Waals surface area contributed by atoms with Crippen LogP contribution in [0.2, 0.25) is 0 Å². The number of carbonyl (C=O) groups is 3. The predicted molar refractivity (Wildman–Crippen MR) is 147 cm³/mol. The molecule has 2 unspecified atom stereocenters. The second-order valence-corrected chi connectivity index (χ2v) is 11.1. The molecule has 0 aliphatic heterocycles. The van der Waals surface area contributed by atoms with Gasteiger partial charge in [-0.1, -0.05) is 61.3 Å². The normalized spacial score (nSPS) is 14.7. The van der Waals surface area contributed by atoms with Gasteiger partial charge in [-0.25, -0.2) is 23.2 Å². The monoisotopic (exact) mass is 597 g/mol. The second-order valence-electron chi connectivity index (χ2n) is 9.58. The number of unbranched alkanes of at least 4 members (excludes halogenated alkanes) is 2. The molecule has 14 nitrogen and oxygen atoms in total. The first-order valence-corrected chi connectivity index (χ1v) is 15.1. The SMILES string of the molecule is CCCCOC(=O)OC(OP(=O)(N=C(N)N(C)CC(=O)OCCC)OC(OC(=O)OCCCC)C(C)C)C(C)C. The van der Waals surface area contributed by atoms with Gasteiger partial charge in [0.2, 0.25) is 18.5 Å². The quantitative estimate of drug-likeness (QED) is 0.0392. The summed E-state index contributed by atoms with van der Waals surface area (Å²) in [5.41, 5.74) is 6.02. The van der Waals surface area contributed by atoms with Crippen LogP contribution in [0.1, 0.15) is 80.6 Å². The van der Waals surface area contributed by atoms with Crippen LogP contribution in [0, 0.1) is 11.8 Å². The van der Waals surface area contributed by atoms with E-state index in [4.69, 9.17) is 38.5 Å². The predicted octanol–water partition coefficient (Wildman–Crippen LogP) is 5.20. The van der Waals surface area contributed by atoms with Crippen molar-refractivity contribution >= 4 is 32.0 Å². The highest BCUT2D eigenvalue weighted by molar-refractivity contribution is 7.52. The summed E-state index contributed by atoms with van der Waals surface area (Å²) in [7, 11) is -3.27. The Morgan fingerprint density at radius 3 is 1.60 bits per heavy atom. The van der Waals surface area contributed by atoms with Gasteiger partial charge in [-0.3, -0.25) is 4.79 Å². The first-order chi connectivity index (χ1) is 18.8. The zero-order chi connectivity index (χ0) is 30.7. The summed E-state index contributed by atoms with van der Waals surface area (Å²) in [5, 5.41) is 0. The zero-order valence-electron chi connectivity index (χ0n) is 25.1. The van der Waals surface area contributed by atoms with Gasteiger partial charge in [0.1, 0.15) is 6.54 Å². The van der Waals surface area contributed by atoms with Gasteiger partial charge in [0.05, 0.1) is 19.8 Å². The molecule has 0 aromatic heterocycles. The summed E-state index contributed by atoms with van der Waals surface area (Å²) < 4.78 is 54.6. The molecule has 0 aromatic carbocycles. The molecular formula is C25H48N3O11P. The molecule has 234 valence electrons. The molecular weight excluding hydrogens is 549 g/mol. The number of nitrogens with zero attached hydrogens (tertiary/aromatic N) is 2. The number of rotatable bonds is 19. The lowest BCUT2D eigenvalue weighted by Gasteiger charge is -2.28. The van der Waals surface area contributed by atoms with Crippen molar-refractivity contribution in [1.29, 1.82) is 0 Å². The van der Waals surface area contributed by atoms with Crippen LogP contribution in [0.5, 0.6) is 0 Å². The molecule has 0 fully saturated rings. The van der Waals surface area contributed by atoms with Crippen LogP contribution in [-0.4, -0.2) is 75.1 Å². The van der Waals surface area contributed by atoms with E-state index in [2.05, 4.69) is 4.76 Å². The van der Waals surface area contributed by atoms with E-state index in [-0.39, 0.29) is 26.4 Å². The molecule has 0 rings (SSSR count). The standard InChI is InChI=1S/C25H48N3O11P/c1-9-12-15-34-24(30)36-21(18(4)5)38-40(32,27-23(26)28(8)17-20(29)33-14-11-3)39-22(19(6)7)37-25(31)35-16-13-10-2/h18-19,21-22H,9-17H2,1-8H3,(H2,26,27,32). The Bertz CT molecular complexity index is 797. The highest BCUT2D eigenvalue weighted by atomic mass is 31.2. The van der Waals surface area contributed by atoms with E-state index in [0.29, 0.717) is 19.3 Å². The van der Waals surface area contributed by atoms with Crippen molar-refractivity contribution in [3.05, 3.63) is 0 Å². The van der Waals surface area contributed by atoms with Crippen molar-refractivity contribution in [3.8, 4) is 0 Å². The van der Waals surface area contributed by atoms with Crippen molar-refractivity contribution in [2.75, 3.05) is 33.4 Å². The van der Waals surface area contributed by atoms with Crippen molar-refractivity contribution in [2.45, 2.75) is 93.2 Å². The lowest BCUT2D eigenvalue weighted by Crippen LogP contribution is -2.38. The number of guanidine groups is 1. The van der Waals surface area contributed by atoms with Gasteiger partial charge < -0.3 is 34.3 Å². The summed E-state index contributed by atoms with van der Waals surface area (Å²) in [6.07, 6.45) is -1.49. The Kier molecular flexibility index (Phi) is 19.0. The average Bonchev–Trinajstić information content (AvgIpc) is 2.86. The Balaban J connectivity index is 6.05. The van der Waals surface area contributed by atoms with E-state index in [1.807, 2.05) is 20.8 Å². The van der Waals surface area contributed by atoms with E-state index in [1.54, 1.807) is 27.7 Å². The molecule has 15 heteroatoms. The Labute approximate surface area is 237 Å². The molecule has 2 N–H and O–H groups in total. The summed E-state index contributed by atoms with van der Waals surface area (Å²) in [6, 6.07) is 0. The highest BCUT2D eigenvalue weighted by Gasteiger charge is 2.39. The molecule has 0 bridgehead atoms. The topological polar surface area (TPSA) is 175 Å². The van der Waals surface area contributed by atoms with Crippen LogP contribution in [-0.2, 0) is 42.1 Å². The molecule has 0 spiro atoms. The summed E-state index contributed by atoms with van der Waals surface area (Å²) in [6.45, 7) is 12.4. The first kappa shape index (κ1) is 37.4. The van der Waals surface area contributed by atoms with Gasteiger partial charge in [-0.2, -0.15) is 0 Å². The van der Waals surface area contributed by atoms with Crippen molar-refractivity contribution < 1.29 is 51.7 Å². The molecule has 0 aromatic rings. The Morgan fingerprint density at radius 1 is 0.775 bits per heavy atom.